The van der Waals surface area contributed by atoms with Gasteiger partial charge in [-0.05, 0) is 118 Å². The summed E-state index contributed by atoms with van der Waals surface area (Å²) in [6.45, 7) is 2.42. The van der Waals surface area contributed by atoms with Crippen LogP contribution in [-0.2, 0) is 6.42 Å². The predicted octanol–water partition coefficient (Wildman–Crippen LogP) is 5.58. The standard InChI is InChI=1S/C21H22BrIN2/c1-12-6-14-10-17(23)3-4-18(14)21(19-5-2-16(22)11-24-19)25(12)20-9-13-7-15(20)8-13/h2-5,10-13,15,20-21H,6-9H2,1H3/t12-,13?,15?,20?,21+/m1/s1. The molecule has 25 heavy (non-hydrogen) atoms. The lowest BCUT2D eigenvalue weighted by atomic mass is 9.81. The van der Waals surface area contributed by atoms with Crippen LogP contribution in [0.3, 0.4) is 0 Å². The van der Waals surface area contributed by atoms with Gasteiger partial charge in [-0.2, -0.15) is 0 Å². The van der Waals surface area contributed by atoms with Gasteiger partial charge < -0.3 is 0 Å². The Hall–Kier alpha value is -0.460. The van der Waals surface area contributed by atoms with Crippen molar-refractivity contribution in [2.24, 2.45) is 11.8 Å². The maximum atomic E-state index is 4.83. The summed E-state index contributed by atoms with van der Waals surface area (Å²) in [6.07, 6.45) is 7.41. The number of pyridine rings is 1. The number of aromatic nitrogens is 1. The average molecular weight is 509 g/mol. The zero-order valence-electron chi connectivity index (χ0n) is 14.3. The Morgan fingerprint density at radius 1 is 1.16 bits per heavy atom. The van der Waals surface area contributed by atoms with Crippen molar-refractivity contribution >= 4 is 38.5 Å². The topological polar surface area (TPSA) is 16.1 Å². The smallest absolute Gasteiger partial charge is 0.0784 e. The fourth-order valence-electron chi connectivity index (χ4n) is 5.43. The number of fused-ring (bicyclic) bond motifs is 2. The Labute approximate surface area is 171 Å². The second-order valence-corrected chi connectivity index (χ2v) is 10.2. The van der Waals surface area contributed by atoms with E-state index in [0.717, 1.165) is 28.8 Å². The van der Waals surface area contributed by atoms with Crippen molar-refractivity contribution in [3.05, 3.63) is 61.4 Å². The third kappa shape index (κ3) is 2.79. The molecule has 3 saturated carbocycles. The van der Waals surface area contributed by atoms with Gasteiger partial charge in [0.1, 0.15) is 0 Å². The van der Waals surface area contributed by atoms with Gasteiger partial charge in [-0.3, -0.25) is 9.88 Å². The van der Waals surface area contributed by atoms with Gasteiger partial charge in [0.2, 0.25) is 0 Å². The van der Waals surface area contributed by atoms with Crippen molar-refractivity contribution in [1.82, 2.24) is 9.88 Å². The molecule has 1 unspecified atom stereocenters. The Balaban J connectivity index is 1.63. The molecule has 130 valence electrons. The molecule has 2 nitrogen and oxygen atoms in total. The van der Waals surface area contributed by atoms with E-state index in [-0.39, 0.29) is 0 Å². The first-order chi connectivity index (χ1) is 12.1. The molecule has 2 bridgehead atoms. The zero-order valence-corrected chi connectivity index (χ0v) is 18.1. The molecule has 0 radical (unpaired) electrons. The molecule has 2 heterocycles. The third-order valence-corrected chi connectivity index (χ3v) is 7.67. The van der Waals surface area contributed by atoms with Crippen molar-refractivity contribution < 1.29 is 0 Å². The van der Waals surface area contributed by atoms with Crippen LogP contribution in [0.2, 0.25) is 0 Å². The Morgan fingerprint density at radius 3 is 2.68 bits per heavy atom. The summed E-state index contributed by atoms with van der Waals surface area (Å²) in [5.74, 6) is 1.90. The molecule has 3 fully saturated rings. The van der Waals surface area contributed by atoms with Crippen molar-refractivity contribution in [1.29, 1.82) is 0 Å². The second kappa shape index (κ2) is 6.31. The van der Waals surface area contributed by atoms with E-state index >= 15 is 0 Å². The summed E-state index contributed by atoms with van der Waals surface area (Å²) in [7, 11) is 0. The third-order valence-electron chi connectivity index (χ3n) is 6.53. The van der Waals surface area contributed by atoms with E-state index in [1.165, 1.54) is 39.7 Å². The van der Waals surface area contributed by atoms with Crippen molar-refractivity contribution in [3.8, 4) is 0 Å². The van der Waals surface area contributed by atoms with Crippen molar-refractivity contribution in [3.63, 3.8) is 0 Å². The van der Waals surface area contributed by atoms with Crippen LogP contribution >= 0.6 is 38.5 Å². The van der Waals surface area contributed by atoms with E-state index < -0.39 is 0 Å². The lowest BCUT2D eigenvalue weighted by molar-refractivity contribution is 0.0707. The normalized spacial score (nSPS) is 33.8. The Bertz CT molecular complexity index is 800. The molecular formula is C21H22BrIN2. The van der Waals surface area contributed by atoms with E-state index in [0.29, 0.717) is 12.1 Å². The molecule has 6 rings (SSSR count). The van der Waals surface area contributed by atoms with Gasteiger partial charge in [-0.15, -0.1) is 0 Å². The monoisotopic (exact) mass is 508 g/mol. The molecule has 0 saturated heterocycles. The number of hydrogen-bond donors (Lipinski definition) is 0. The SMILES string of the molecule is C[C@@H]1Cc2cc(I)ccc2[C@@H](c2ccc(Br)cn2)N1C1CC2CC1C2. The number of rotatable bonds is 2. The highest BCUT2D eigenvalue weighted by Crippen LogP contribution is 2.54. The molecule has 2 aromatic rings. The predicted molar refractivity (Wildman–Crippen MR) is 113 cm³/mol. The lowest BCUT2D eigenvalue weighted by Gasteiger charge is -2.46. The Morgan fingerprint density at radius 2 is 2.00 bits per heavy atom. The first-order valence-electron chi connectivity index (χ1n) is 9.27. The maximum absolute atomic E-state index is 4.83. The molecule has 0 spiro atoms. The summed E-state index contributed by atoms with van der Waals surface area (Å²) >= 11 is 5.98. The van der Waals surface area contributed by atoms with Gasteiger partial charge in [0.25, 0.3) is 0 Å². The molecule has 4 aliphatic rings. The molecule has 0 amide bonds. The van der Waals surface area contributed by atoms with E-state index in [2.05, 4.69) is 80.7 Å². The summed E-state index contributed by atoms with van der Waals surface area (Å²) < 4.78 is 2.39. The zero-order chi connectivity index (χ0) is 17.1. The molecule has 0 N–H and O–H groups in total. The van der Waals surface area contributed by atoms with Gasteiger partial charge >= 0.3 is 0 Å². The van der Waals surface area contributed by atoms with E-state index in [9.17, 15) is 0 Å². The number of halogens is 2. The molecular weight excluding hydrogens is 487 g/mol. The minimum Gasteiger partial charge on any atom is -0.285 e. The fourth-order valence-corrected chi connectivity index (χ4v) is 6.22. The van der Waals surface area contributed by atoms with Crippen LogP contribution in [0, 0.1) is 15.4 Å². The summed E-state index contributed by atoms with van der Waals surface area (Å²) in [4.78, 5) is 7.65. The van der Waals surface area contributed by atoms with Crippen LogP contribution in [0.15, 0.2) is 41.0 Å². The second-order valence-electron chi connectivity index (χ2n) is 8.05. The number of hydrogen-bond acceptors (Lipinski definition) is 2. The molecule has 1 aromatic carbocycles. The van der Waals surface area contributed by atoms with E-state index in [4.69, 9.17) is 4.98 Å². The number of benzene rings is 1. The van der Waals surface area contributed by atoms with Crippen LogP contribution in [0.5, 0.6) is 0 Å². The minimum atomic E-state index is 0.299. The minimum absolute atomic E-state index is 0.299. The van der Waals surface area contributed by atoms with E-state index in [1.807, 2.05) is 6.20 Å². The molecule has 1 aromatic heterocycles. The van der Waals surface area contributed by atoms with Gasteiger partial charge in [0, 0.05) is 26.3 Å². The molecule has 4 heteroatoms. The van der Waals surface area contributed by atoms with Gasteiger partial charge in [0.05, 0.1) is 11.7 Å². The fraction of sp³-hybridized carbons (Fsp3) is 0.476. The first kappa shape index (κ1) is 16.7. The first-order valence-corrected chi connectivity index (χ1v) is 11.1. The largest absolute Gasteiger partial charge is 0.285 e. The molecule has 3 atom stereocenters. The Kier molecular flexibility index (Phi) is 4.21. The molecule has 3 aliphatic carbocycles. The van der Waals surface area contributed by atoms with Crippen molar-refractivity contribution in [2.75, 3.05) is 0 Å². The summed E-state index contributed by atoms with van der Waals surface area (Å²) in [5, 5.41) is 0. The van der Waals surface area contributed by atoms with Crippen LogP contribution in [0.25, 0.3) is 0 Å². The van der Waals surface area contributed by atoms with Gasteiger partial charge in [0.15, 0.2) is 0 Å². The quantitative estimate of drug-likeness (QED) is 0.492. The van der Waals surface area contributed by atoms with Crippen molar-refractivity contribution in [2.45, 2.75) is 50.7 Å². The summed E-state index contributed by atoms with van der Waals surface area (Å²) in [5.41, 5.74) is 4.18. The van der Waals surface area contributed by atoms with Gasteiger partial charge in [-0.25, -0.2) is 0 Å². The van der Waals surface area contributed by atoms with Crippen LogP contribution < -0.4 is 0 Å². The lowest BCUT2D eigenvalue weighted by Crippen LogP contribution is -2.49. The number of nitrogens with zero attached hydrogens (tertiary/aromatic N) is 2. The summed E-state index contributed by atoms with van der Waals surface area (Å²) in [6, 6.07) is 12.9. The van der Waals surface area contributed by atoms with Crippen LogP contribution in [0.4, 0.5) is 0 Å². The van der Waals surface area contributed by atoms with Crippen LogP contribution in [0.1, 0.15) is 49.0 Å². The van der Waals surface area contributed by atoms with Crippen LogP contribution in [-0.4, -0.2) is 22.0 Å². The highest BCUT2D eigenvalue weighted by atomic mass is 127. The highest BCUT2D eigenvalue weighted by molar-refractivity contribution is 14.1. The highest BCUT2D eigenvalue weighted by Gasteiger charge is 2.50. The molecule has 1 aliphatic heterocycles. The average Bonchev–Trinajstić information content (AvgIpc) is 3.14. The van der Waals surface area contributed by atoms with E-state index in [1.54, 1.807) is 0 Å². The maximum Gasteiger partial charge on any atom is 0.0784 e. The van der Waals surface area contributed by atoms with Gasteiger partial charge in [-0.1, -0.05) is 6.07 Å².